The quantitative estimate of drug-likeness (QED) is 0.639. The van der Waals surface area contributed by atoms with E-state index in [-0.39, 0.29) is 6.10 Å². The van der Waals surface area contributed by atoms with Gasteiger partial charge in [0.15, 0.2) is 0 Å². The highest BCUT2D eigenvalue weighted by Crippen LogP contribution is 2.21. The summed E-state index contributed by atoms with van der Waals surface area (Å²) in [4.78, 5) is 4.34. The third-order valence-corrected chi connectivity index (χ3v) is 2.44. The average Bonchev–Trinajstić information content (AvgIpc) is 2.40. The number of nitrogens with one attached hydrogen (secondary N) is 1. The van der Waals surface area contributed by atoms with Crippen molar-refractivity contribution in [3.05, 3.63) is 12.1 Å². The molecule has 1 heterocycles. The van der Waals surface area contributed by atoms with Crippen molar-refractivity contribution in [2.75, 3.05) is 44.5 Å². The third kappa shape index (κ3) is 6.58. The summed E-state index contributed by atoms with van der Waals surface area (Å²) in [6.45, 7) is 6.62. The molecule has 1 aromatic heterocycles. The predicted octanol–water partition coefficient (Wildman–Crippen LogP) is 1.92. The van der Waals surface area contributed by atoms with E-state index in [1.165, 1.54) is 0 Å². The van der Waals surface area contributed by atoms with Gasteiger partial charge in [0.1, 0.15) is 5.82 Å². The van der Waals surface area contributed by atoms with E-state index < -0.39 is 0 Å². The van der Waals surface area contributed by atoms with Crippen molar-refractivity contribution in [2.45, 2.75) is 26.4 Å². The molecule has 0 aliphatic carbocycles. The van der Waals surface area contributed by atoms with Gasteiger partial charge >= 0.3 is 0 Å². The summed E-state index contributed by atoms with van der Waals surface area (Å²) in [6, 6.07) is 3.64. The van der Waals surface area contributed by atoms with E-state index >= 15 is 0 Å². The van der Waals surface area contributed by atoms with Crippen LogP contribution in [0.5, 0.6) is 5.88 Å². The average molecular weight is 283 g/mol. The van der Waals surface area contributed by atoms with Crippen LogP contribution in [0.25, 0.3) is 0 Å². The van der Waals surface area contributed by atoms with Gasteiger partial charge in [-0.2, -0.15) is 4.98 Å². The molecule has 20 heavy (non-hydrogen) atoms. The minimum absolute atomic E-state index is 0.0502. The highest BCUT2D eigenvalue weighted by atomic mass is 16.5. The van der Waals surface area contributed by atoms with E-state index in [9.17, 15) is 0 Å². The van der Waals surface area contributed by atoms with Crippen molar-refractivity contribution in [3.63, 3.8) is 0 Å². The summed E-state index contributed by atoms with van der Waals surface area (Å²) in [5, 5.41) is 3.22. The molecule has 0 aromatic carbocycles. The first kappa shape index (κ1) is 16.5. The smallest absolute Gasteiger partial charge is 0.239 e. The number of aromatic nitrogens is 1. The number of hydrogen-bond acceptors (Lipinski definition) is 6. The number of ether oxygens (including phenoxy) is 3. The van der Waals surface area contributed by atoms with Gasteiger partial charge in [-0.05, 0) is 32.4 Å². The second-order valence-electron chi connectivity index (χ2n) is 4.64. The maximum absolute atomic E-state index is 5.81. The topological polar surface area (TPSA) is 78.6 Å². The first-order valence-corrected chi connectivity index (χ1v) is 6.87. The predicted molar refractivity (Wildman–Crippen MR) is 80.2 cm³/mol. The minimum Gasteiger partial charge on any atom is -0.473 e. The number of nitrogen functional groups attached to an aromatic ring is 1. The Kier molecular flexibility index (Phi) is 7.75. The van der Waals surface area contributed by atoms with E-state index in [0.29, 0.717) is 31.4 Å². The molecule has 1 aromatic rings. The van der Waals surface area contributed by atoms with Crippen LogP contribution in [-0.4, -0.2) is 44.6 Å². The molecule has 1 rings (SSSR count). The van der Waals surface area contributed by atoms with Gasteiger partial charge in [0, 0.05) is 20.3 Å². The Morgan fingerprint density at radius 2 is 2.05 bits per heavy atom. The Morgan fingerprint density at radius 3 is 2.75 bits per heavy atom. The Bertz CT molecular complexity index is 386. The number of pyridine rings is 1. The van der Waals surface area contributed by atoms with Crippen LogP contribution in [0.15, 0.2) is 12.1 Å². The van der Waals surface area contributed by atoms with E-state index in [0.717, 1.165) is 18.8 Å². The first-order valence-electron chi connectivity index (χ1n) is 6.87. The molecule has 0 aliphatic rings. The molecule has 114 valence electrons. The molecule has 0 spiro atoms. The second kappa shape index (κ2) is 9.39. The summed E-state index contributed by atoms with van der Waals surface area (Å²) < 4.78 is 15.8. The minimum atomic E-state index is 0.0502. The molecule has 0 aliphatic heterocycles. The lowest BCUT2D eigenvalue weighted by atomic mass is 10.3. The normalized spacial score (nSPS) is 10.8. The fourth-order valence-electron chi connectivity index (χ4n) is 1.50. The molecule has 0 amide bonds. The monoisotopic (exact) mass is 283 g/mol. The van der Waals surface area contributed by atoms with Crippen molar-refractivity contribution in [1.29, 1.82) is 0 Å². The zero-order valence-corrected chi connectivity index (χ0v) is 12.5. The molecule has 0 radical (unpaired) electrons. The number of anilines is 2. The molecular formula is C14H25N3O3. The lowest BCUT2D eigenvalue weighted by molar-refractivity contribution is 0.0705. The number of methoxy groups -OCH3 is 1. The molecule has 6 nitrogen and oxygen atoms in total. The van der Waals surface area contributed by atoms with Crippen LogP contribution in [0.2, 0.25) is 0 Å². The summed E-state index contributed by atoms with van der Waals surface area (Å²) in [5.74, 6) is 1.23. The molecule has 3 N–H and O–H groups in total. The molecule has 0 atom stereocenters. The van der Waals surface area contributed by atoms with Crippen molar-refractivity contribution in [3.8, 4) is 5.88 Å². The lowest BCUT2D eigenvalue weighted by Crippen LogP contribution is -2.12. The van der Waals surface area contributed by atoms with Crippen molar-refractivity contribution >= 4 is 11.5 Å². The molecular weight excluding hydrogens is 258 g/mol. The van der Waals surface area contributed by atoms with Crippen molar-refractivity contribution in [1.82, 2.24) is 4.98 Å². The first-order chi connectivity index (χ1) is 9.63. The fourth-order valence-corrected chi connectivity index (χ4v) is 1.50. The van der Waals surface area contributed by atoms with Gasteiger partial charge < -0.3 is 25.3 Å². The Hall–Kier alpha value is -1.53. The van der Waals surface area contributed by atoms with Gasteiger partial charge in [-0.1, -0.05) is 0 Å². The fraction of sp³-hybridized carbons (Fsp3) is 0.643. The molecule has 6 heteroatoms. The van der Waals surface area contributed by atoms with E-state index in [1.807, 2.05) is 19.9 Å². The maximum Gasteiger partial charge on any atom is 0.239 e. The Balaban J connectivity index is 2.29. The summed E-state index contributed by atoms with van der Waals surface area (Å²) >= 11 is 0. The molecule has 0 bridgehead atoms. The van der Waals surface area contributed by atoms with Gasteiger partial charge in [0.25, 0.3) is 0 Å². The molecule has 0 saturated carbocycles. The van der Waals surface area contributed by atoms with Crippen LogP contribution < -0.4 is 15.8 Å². The van der Waals surface area contributed by atoms with Gasteiger partial charge in [-0.3, -0.25) is 0 Å². The zero-order valence-electron chi connectivity index (χ0n) is 12.5. The van der Waals surface area contributed by atoms with Crippen LogP contribution in [0.1, 0.15) is 20.3 Å². The van der Waals surface area contributed by atoms with Crippen molar-refractivity contribution < 1.29 is 14.2 Å². The SMILES string of the molecule is COCCOCCCNc1ccc(N)c(OC(C)C)n1. The molecule has 0 saturated heterocycles. The molecule has 0 unspecified atom stereocenters. The summed E-state index contributed by atoms with van der Waals surface area (Å²) in [5.41, 5.74) is 6.36. The van der Waals surface area contributed by atoms with Crippen LogP contribution in [0.3, 0.4) is 0 Å². The van der Waals surface area contributed by atoms with Crippen LogP contribution in [-0.2, 0) is 9.47 Å². The summed E-state index contributed by atoms with van der Waals surface area (Å²) in [7, 11) is 1.66. The summed E-state index contributed by atoms with van der Waals surface area (Å²) in [6.07, 6.45) is 0.949. The number of hydrogen-bond donors (Lipinski definition) is 2. The van der Waals surface area contributed by atoms with Crippen LogP contribution in [0.4, 0.5) is 11.5 Å². The number of nitrogens with two attached hydrogens (primary N) is 1. The van der Waals surface area contributed by atoms with Gasteiger partial charge in [-0.25, -0.2) is 0 Å². The lowest BCUT2D eigenvalue weighted by Gasteiger charge is -2.13. The van der Waals surface area contributed by atoms with Crippen molar-refractivity contribution in [2.24, 2.45) is 0 Å². The zero-order chi connectivity index (χ0) is 14.8. The van der Waals surface area contributed by atoms with E-state index in [1.54, 1.807) is 13.2 Å². The highest BCUT2D eigenvalue weighted by Gasteiger charge is 2.06. The van der Waals surface area contributed by atoms with E-state index in [4.69, 9.17) is 19.9 Å². The van der Waals surface area contributed by atoms with Crippen LogP contribution in [0, 0.1) is 0 Å². The third-order valence-electron chi connectivity index (χ3n) is 2.44. The number of nitrogens with zero attached hydrogens (tertiary/aromatic N) is 1. The Labute approximate surface area is 120 Å². The molecule has 0 fully saturated rings. The second-order valence-corrected chi connectivity index (χ2v) is 4.64. The number of rotatable bonds is 10. The largest absolute Gasteiger partial charge is 0.473 e. The van der Waals surface area contributed by atoms with Crippen LogP contribution >= 0.6 is 0 Å². The highest BCUT2D eigenvalue weighted by molar-refractivity contribution is 5.53. The Morgan fingerprint density at radius 1 is 1.25 bits per heavy atom. The standard InChI is InChI=1S/C14H25N3O3/c1-11(2)20-14-12(15)5-6-13(17-14)16-7-4-8-19-10-9-18-3/h5-6,11H,4,7-10,15H2,1-3H3,(H,16,17). The van der Waals surface area contributed by atoms with Gasteiger partial charge in [0.05, 0.1) is 25.0 Å². The van der Waals surface area contributed by atoms with Gasteiger partial charge in [0.2, 0.25) is 5.88 Å². The van der Waals surface area contributed by atoms with Gasteiger partial charge in [-0.15, -0.1) is 0 Å². The maximum atomic E-state index is 5.81. The van der Waals surface area contributed by atoms with E-state index in [2.05, 4.69) is 10.3 Å².